The summed E-state index contributed by atoms with van der Waals surface area (Å²) in [4.78, 5) is 38.0. The minimum absolute atomic E-state index is 0.0169. The van der Waals surface area contributed by atoms with Crippen LogP contribution in [0.5, 0.6) is 0 Å². The molecule has 0 aliphatic heterocycles. The van der Waals surface area contributed by atoms with Gasteiger partial charge in [0.25, 0.3) is 0 Å². The lowest BCUT2D eigenvalue weighted by atomic mass is 10.0. The third-order valence-corrected chi connectivity index (χ3v) is 5.37. The zero-order valence-corrected chi connectivity index (χ0v) is 20.3. The first-order valence-corrected chi connectivity index (χ1v) is 12.3. The molecule has 2 rings (SSSR count). The van der Waals surface area contributed by atoms with E-state index < -0.39 is 17.9 Å². The molecule has 184 valence electrons. The van der Waals surface area contributed by atoms with E-state index in [1.807, 2.05) is 30.3 Å². The van der Waals surface area contributed by atoms with Crippen LogP contribution in [0.3, 0.4) is 0 Å². The zero-order chi connectivity index (χ0) is 24.6. The minimum Gasteiger partial charge on any atom is -0.462 e. The Labute approximate surface area is 202 Å². The highest BCUT2D eigenvalue weighted by molar-refractivity contribution is 6.05. The molecule has 2 aromatic carbocycles. The van der Waals surface area contributed by atoms with E-state index in [1.54, 1.807) is 0 Å². The number of rotatable bonds is 15. The second-order valence-electron chi connectivity index (χ2n) is 8.22. The van der Waals surface area contributed by atoms with Gasteiger partial charge in [-0.05, 0) is 36.6 Å². The van der Waals surface area contributed by atoms with Gasteiger partial charge in [-0.3, -0.25) is 0 Å². The maximum Gasteiger partial charge on any atom is 0.339 e. The van der Waals surface area contributed by atoms with Gasteiger partial charge in [-0.1, -0.05) is 82.7 Å². The van der Waals surface area contributed by atoms with Crippen LogP contribution in [-0.4, -0.2) is 31.1 Å². The fourth-order valence-electron chi connectivity index (χ4n) is 3.37. The van der Waals surface area contributed by atoms with Crippen molar-refractivity contribution < 1.29 is 28.6 Å². The van der Waals surface area contributed by atoms with Gasteiger partial charge in [0.15, 0.2) is 0 Å². The second kappa shape index (κ2) is 15.6. The third kappa shape index (κ3) is 9.38. The third-order valence-electron chi connectivity index (χ3n) is 5.37. The van der Waals surface area contributed by atoms with Crippen LogP contribution in [0.1, 0.15) is 102 Å². The lowest BCUT2D eigenvalue weighted by Gasteiger charge is -2.12. The first-order valence-electron chi connectivity index (χ1n) is 12.3. The molecule has 6 nitrogen and oxygen atoms in total. The van der Waals surface area contributed by atoms with Crippen LogP contribution in [0.4, 0.5) is 0 Å². The molecule has 0 radical (unpaired) electrons. The van der Waals surface area contributed by atoms with E-state index in [0.717, 1.165) is 56.9 Å². The van der Waals surface area contributed by atoms with Crippen molar-refractivity contribution in [2.75, 3.05) is 13.2 Å². The van der Waals surface area contributed by atoms with Crippen molar-refractivity contribution in [1.82, 2.24) is 0 Å². The Morgan fingerprint density at radius 2 is 1.21 bits per heavy atom. The second-order valence-corrected chi connectivity index (χ2v) is 8.22. The van der Waals surface area contributed by atoms with Crippen LogP contribution in [0.25, 0.3) is 0 Å². The Kier molecular flexibility index (Phi) is 12.5. The Morgan fingerprint density at radius 1 is 0.618 bits per heavy atom. The van der Waals surface area contributed by atoms with Gasteiger partial charge in [0.2, 0.25) is 0 Å². The van der Waals surface area contributed by atoms with E-state index in [1.165, 1.54) is 18.2 Å². The molecule has 0 atom stereocenters. The van der Waals surface area contributed by atoms with Crippen LogP contribution in [0.2, 0.25) is 0 Å². The monoisotopic (exact) mass is 468 g/mol. The first kappa shape index (κ1) is 27.1. The van der Waals surface area contributed by atoms with E-state index in [0.29, 0.717) is 0 Å². The summed E-state index contributed by atoms with van der Waals surface area (Å²) in [5, 5.41) is 0. The van der Waals surface area contributed by atoms with Gasteiger partial charge in [0, 0.05) is 0 Å². The summed E-state index contributed by atoms with van der Waals surface area (Å²) in [6, 6.07) is 13.6. The van der Waals surface area contributed by atoms with E-state index >= 15 is 0 Å². The lowest BCUT2D eigenvalue weighted by molar-refractivity contribution is 0.0445. The topological polar surface area (TPSA) is 78.9 Å². The largest absolute Gasteiger partial charge is 0.462 e. The van der Waals surface area contributed by atoms with Gasteiger partial charge in [0.05, 0.1) is 29.9 Å². The summed E-state index contributed by atoms with van der Waals surface area (Å²) in [6.07, 6.45) is 7.75. The van der Waals surface area contributed by atoms with E-state index in [-0.39, 0.29) is 36.5 Å². The van der Waals surface area contributed by atoms with Crippen molar-refractivity contribution in [3.8, 4) is 0 Å². The molecule has 0 fully saturated rings. The molecular formula is C28H36O6. The molecule has 0 saturated carbocycles. The summed E-state index contributed by atoms with van der Waals surface area (Å²) >= 11 is 0. The quantitative estimate of drug-likeness (QED) is 0.168. The Balaban J connectivity index is 2.10. The molecule has 0 aliphatic carbocycles. The van der Waals surface area contributed by atoms with Crippen molar-refractivity contribution in [3.05, 3.63) is 70.8 Å². The summed E-state index contributed by atoms with van der Waals surface area (Å²) in [6.45, 7) is 4.86. The average molecular weight is 469 g/mol. The molecule has 6 heteroatoms. The first-order chi connectivity index (χ1) is 16.6. The average Bonchev–Trinajstić information content (AvgIpc) is 2.87. The molecule has 0 bridgehead atoms. The normalized spacial score (nSPS) is 10.5. The Morgan fingerprint density at radius 3 is 1.79 bits per heavy atom. The van der Waals surface area contributed by atoms with Crippen molar-refractivity contribution in [1.29, 1.82) is 0 Å². The highest BCUT2D eigenvalue weighted by Crippen LogP contribution is 2.18. The van der Waals surface area contributed by atoms with E-state index in [2.05, 4.69) is 13.8 Å². The fourth-order valence-corrected chi connectivity index (χ4v) is 3.37. The molecule has 0 unspecified atom stereocenters. The number of carbonyl (C=O) groups excluding carboxylic acids is 3. The molecule has 0 N–H and O–H groups in total. The molecule has 34 heavy (non-hydrogen) atoms. The predicted molar refractivity (Wildman–Crippen MR) is 131 cm³/mol. The van der Waals surface area contributed by atoms with Crippen LogP contribution in [-0.2, 0) is 20.8 Å². The van der Waals surface area contributed by atoms with Crippen molar-refractivity contribution in [2.45, 2.75) is 71.8 Å². The molecule has 0 aliphatic rings. The Bertz CT molecular complexity index is 906. The van der Waals surface area contributed by atoms with E-state index in [4.69, 9.17) is 14.2 Å². The fraction of sp³-hybridized carbons (Fsp3) is 0.464. The molecule has 0 aromatic heterocycles. The number of hydrogen-bond donors (Lipinski definition) is 0. The SMILES string of the molecule is CCCCCCOC(=O)c1ccc(C(=O)OCc2ccccc2)cc1C(=O)OCCCCCC. The lowest BCUT2D eigenvalue weighted by Crippen LogP contribution is -2.17. The van der Waals surface area contributed by atoms with Crippen molar-refractivity contribution >= 4 is 17.9 Å². The minimum atomic E-state index is -0.646. The summed E-state index contributed by atoms with van der Waals surface area (Å²) in [5.41, 5.74) is 1.14. The van der Waals surface area contributed by atoms with Gasteiger partial charge >= 0.3 is 17.9 Å². The van der Waals surface area contributed by atoms with Crippen LogP contribution < -0.4 is 0 Å². The van der Waals surface area contributed by atoms with Gasteiger partial charge in [0.1, 0.15) is 6.61 Å². The smallest absolute Gasteiger partial charge is 0.339 e. The number of esters is 3. The zero-order valence-electron chi connectivity index (χ0n) is 20.3. The van der Waals surface area contributed by atoms with Gasteiger partial charge in [-0.25, -0.2) is 14.4 Å². The summed E-state index contributed by atoms with van der Waals surface area (Å²) in [7, 11) is 0. The van der Waals surface area contributed by atoms with Crippen molar-refractivity contribution in [2.24, 2.45) is 0 Å². The molecular weight excluding hydrogens is 432 g/mol. The Hall–Kier alpha value is -3.15. The van der Waals surface area contributed by atoms with Gasteiger partial charge in [-0.2, -0.15) is 0 Å². The maximum absolute atomic E-state index is 12.8. The van der Waals surface area contributed by atoms with Gasteiger partial charge < -0.3 is 14.2 Å². The van der Waals surface area contributed by atoms with Crippen LogP contribution in [0, 0.1) is 0 Å². The number of carbonyl (C=O) groups is 3. The van der Waals surface area contributed by atoms with Gasteiger partial charge in [-0.15, -0.1) is 0 Å². The van der Waals surface area contributed by atoms with Crippen LogP contribution >= 0.6 is 0 Å². The standard InChI is InChI=1S/C28H36O6/c1-3-5-7-12-18-32-27(30)24-17-16-23(26(29)34-21-22-14-10-9-11-15-22)20-25(24)28(31)33-19-13-8-6-4-2/h9-11,14-17,20H,3-8,12-13,18-19,21H2,1-2H3. The number of benzene rings is 2. The maximum atomic E-state index is 12.8. The number of hydrogen-bond acceptors (Lipinski definition) is 6. The summed E-state index contributed by atoms with van der Waals surface area (Å²) < 4.78 is 16.1. The molecule has 0 saturated heterocycles. The van der Waals surface area contributed by atoms with Crippen LogP contribution in [0.15, 0.2) is 48.5 Å². The molecule has 0 spiro atoms. The summed E-state index contributed by atoms with van der Waals surface area (Å²) in [5.74, 6) is -1.83. The van der Waals surface area contributed by atoms with Crippen molar-refractivity contribution in [3.63, 3.8) is 0 Å². The highest BCUT2D eigenvalue weighted by atomic mass is 16.5. The molecule has 2 aromatic rings. The highest BCUT2D eigenvalue weighted by Gasteiger charge is 2.22. The number of unbranched alkanes of at least 4 members (excludes halogenated alkanes) is 6. The molecule has 0 heterocycles. The van der Waals surface area contributed by atoms with E-state index in [9.17, 15) is 14.4 Å². The predicted octanol–water partition coefficient (Wildman–Crippen LogP) is 6.52. The molecule has 0 amide bonds. The number of ether oxygens (including phenoxy) is 3.